The number of aromatic nitrogens is 2. The number of fused-ring (bicyclic) bond motifs is 1. The summed E-state index contributed by atoms with van der Waals surface area (Å²) in [5.41, 5.74) is 3.96. The van der Waals surface area contributed by atoms with E-state index in [4.69, 9.17) is 5.11 Å². The highest BCUT2D eigenvalue weighted by Gasteiger charge is 2.32. The van der Waals surface area contributed by atoms with E-state index in [9.17, 15) is 24.3 Å². The number of rotatable bonds is 14. The van der Waals surface area contributed by atoms with Crippen LogP contribution in [0.4, 0.5) is 5.69 Å². The van der Waals surface area contributed by atoms with E-state index >= 15 is 0 Å². The molecule has 0 aliphatic carbocycles. The number of amides is 3. The summed E-state index contributed by atoms with van der Waals surface area (Å²) in [6.07, 6.45) is 3.65. The van der Waals surface area contributed by atoms with Crippen LogP contribution >= 0.6 is 0 Å². The Morgan fingerprint density at radius 3 is 2.31 bits per heavy atom. The number of nitrogens with one attached hydrogen (secondary N) is 1. The van der Waals surface area contributed by atoms with E-state index in [0.29, 0.717) is 43.1 Å². The van der Waals surface area contributed by atoms with Crippen LogP contribution in [0.15, 0.2) is 48.5 Å². The minimum Gasteiger partial charge on any atom is -0.481 e. The first-order chi connectivity index (χ1) is 21.7. The van der Waals surface area contributed by atoms with Gasteiger partial charge in [-0.3, -0.25) is 19.2 Å². The Morgan fingerprint density at radius 1 is 0.978 bits per heavy atom. The first-order valence-electron chi connectivity index (χ1n) is 15.7. The molecule has 0 bridgehead atoms. The molecule has 3 amide bonds. The highest BCUT2D eigenvalue weighted by Crippen LogP contribution is 2.29. The monoisotopic (exact) mass is 617 g/mol. The van der Waals surface area contributed by atoms with E-state index in [1.165, 1.54) is 0 Å². The van der Waals surface area contributed by atoms with E-state index in [0.717, 1.165) is 36.8 Å². The maximum absolute atomic E-state index is 14.3. The summed E-state index contributed by atoms with van der Waals surface area (Å²) >= 11 is 0. The number of hydrogen-bond donors (Lipinski definition) is 3. The summed E-state index contributed by atoms with van der Waals surface area (Å²) in [6, 6.07) is 13.9. The Bertz CT molecular complexity index is 1520. The van der Waals surface area contributed by atoms with Crippen molar-refractivity contribution < 1.29 is 29.4 Å². The van der Waals surface area contributed by atoms with Crippen LogP contribution in [-0.4, -0.2) is 79.2 Å². The molecule has 2 heterocycles. The lowest BCUT2D eigenvalue weighted by Crippen LogP contribution is -2.46. The van der Waals surface area contributed by atoms with Gasteiger partial charge in [-0.2, -0.15) is 5.10 Å². The minimum absolute atomic E-state index is 0.165. The van der Waals surface area contributed by atoms with E-state index in [-0.39, 0.29) is 42.5 Å². The van der Waals surface area contributed by atoms with E-state index in [1.807, 2.05) is 36.1 Å². The number of carbonyl (C=O) groups excluding carboxylic acids is 3. The first kappa shape index (κ1) is 33.4. The Balaban J connectivity index is 1.73. The molecule has 4 rings (SSSR count). The Kier molecular flexibility index (Phi) is 11.5. The van der Waals surface area contributed by atoms with Crippen LogP contribution < -0.4 is 5.32 Å². The highest BCUT2D eigenvalue weighted by molar-refractivity contribution is 6.01. The van der Waals surface area contributed by atoms with Gasteiger partial charge < -0.3 is 25.3 Å². The Labute approximate surface area is 263 Å². The number of aliphatic hydroxyl groups is 1. The summed E-state index contributed by atoms with van der Waals surface area (Å²) in [5.74, 6) is -2.11. The number of carboxylic acid groups (broad SMARTS) is 1. The van der Waals surface area contributed by atoms with Crippen molar-refractivity contribution in [3.05, 3.63) is 76.6 Å². The summed E-state index contributed by atoms with van der Waals surface area (Å²) in [6.45, 7) is 7.32. The molecule has 240 valence electrons. The van der Waals surface area contributed by atoms with Crippen LogP contribution in [0.1, 0.15) is 90.0 Å². The zero-order valence-corrected chi connectivity index (χ0v) is 26.3. The number of aliphatic hydroxyl groups excluding tert-OH is 1. The molecule has 0 unspecified atom stereocenters. The molecule has 1 aromatic heterocycles. The SMILES string of the molecule is CCCCN(CCCC)C(=O)c1cc(C)n(-c2ccc(NC(=O)CCC(=O)O)cc2C(=O)N2Cc3ccccc3C[C@H]2CO)n1. The fourth-order valence-electron chi connectivity index (χ4n) is 5.55. The van der Waals surface area contributed by atoms with Crippen LogP contribution in [-0.2, 0) is 22.6 Å². The van der Waals surface area contributed by atoms with Gasteiger partial charge in [-0.15, -0.1) is 0 Å². The van der Waals surface area contributed by atoms with Crippen LogP contribution in [0.3, 0.4) is 0 Å². The molecule has 11 nitrogen and oxygen atoms in total. The maximum Gasteiger partial charge on any atom is 0.303 e. The smallest absolute Gasteiger partial charge is 0.303 e. The van der Waals surface area contributed by atoms with Crippen molar-refractivity contribution in [1.82, 2.24) is 19.6 Å². The number of carbonyl (C=O) groups is 4. The van der Waals surface area contributed by atoms with E-state index in [1.54, 1.807) is 33.8 Å². The number of aryl methyl sites for hydroxylation is 1. The molecular weight excluding hydrogens is 574 g/mol. The normalized spacial score (nSPS) is 14.1. The third-order valence-electron chi connectivity index (χ3n) is 8.09. The van der Waals surface area contributed by atoms with Crippen molar-refractivity contribution in [2.75, 3.05) is 25.0 Å². The Hall–Kier alpha value is -4.51. The van der Waals surface area contributed by atoms with Gasteiger partial charge in [0.05, 0.1) is 30.3 Å². The molecule has 3 aromatic rings. The van der Waals surface area contributed by atoms with E-state index < -0.39 is 17.9 Å². The molecule has 0 saturated carbocycles. The van der Waals surface area contributed by atoms with E-state index in [2.05, 4.69) is 24.3 Å². The largest absolute Gasteiger partial charge is 0.481 e. The molecule has 0 saturated heterocycles. The number of hydrogen-bond acceptors (Lipinski definition) is 6. The molecule has 0 fully saturated rings. The van der Waals surface area contributed by atoms with Gasteiger partial charge in [0, 0.05) is 37.4 Å². The predicted molar refractivity (Wildman–Crippen MR) is 170 cm³/mol. The van der Waals surface area contributed by atoms with Crippen molar-refractivity contribution in [1.29, 1.82) is 0 Å². The summed E-state index contributed by atoms with van der Waals surface area (Å²) < 4.78 is 1.57. The van der Waals surface area contributed by atoms with Crippen LogP contribution in [0.25, 0.3) is 5.69 Å². The molecule has 0 radical (unpaired) electrons. The third-order valence-corrected chi connectivity index (χ3v) is 8.09. The minimum atomic E-state index is -1.08. The summed E-state index contributed by atoms with van der Waals surface area (Å²) in [5, 5.41) is 26.6. The van der Waals surface area contributed by atoms with Crippen molar-refractivity contribution in [2.45, 2.75) is 78.3 Å². The third kappa shape index (κ3) is 8.16. The zero-order chi connectivity index (χ0) is 32.5. The van der Waals surface area contributed by atoms with Gasteiger partial charge in [-0.1, -0.05) is 51.0 Å². The lowest BCUT2D eigenvalue weighted by Gasteiger charge is -2.36. The maximum atomic E-state index is 14.3. The molecule has 2 aromatic carbocycles. The van der Waals surface area contributed by atoms with Crippen molar-refractivity contribution in [2.24, 2.45) is 0 Å². The number of anilines is 1. The molecular formula is C34H43N5O6. The lowest BCUT2D eigenvalue weighted by molar-refractivity contribution is -0.138. The van der Waals surface area contributed by atoms with Gasteiger partial charge in [0.15, 0.2) is 5.69 Å². The fraction of sp³-hybridized carbons (Fsp3) is 0.441. The van der Waals surface area contributed by atoms with Gasteiger partial charge in [-0.25, -0.2) is 4.68 Å². The van der Waals surface area contributed by atoms with Gasteiger partial charge in [0.25, 0.3) is 11.8 Å². The topological polar surface area (TPSA) is 145 Å². The first-order valence-corrected chi connectivity index (χ1v) is 15.7. The molecule has 1 atom stereocenters. The van der Waals surface area contributed by atoms with Gasteiger partial charge in [-0.05, 0) is 61.6 Å². The van der Waals surface area contributed by atoms with Crippen molar-refractivity contribution >= 4 is 29.4 Å². The molecule has 1 aliphatic heterocycles. The Morgan fingerprint density at radius 2 is 1.67 bits per heavy atom. The molecule has 1 aliphatic rings. The lowest BCUT2D eigenvalue weighted by atomic mass is 9.93. The second-order valence-electron chi connectivity index (χ2n) is 11.5. The predicted octanol–water partition coefficient (Wildman–Crippen LogP) is 4.59. The average molecular weight is 618 g/mol. The molecule has 0 spiro atoms. The second-order valence-corrected chi connectivity index (χ2v) is 11.5. The molecule has 11 heteroatoms. The zero-order valence-electron chi connectivity index (χ0n) is 26.3. The van der Waals surface area contributed by atoms with Crippen molar-refractivity contribution in [3.63, 3.8) is 0 Å². The number of unbranched alkanes of at least 4 members (excludes halogenated alkanes) is 2. The fourth-order valence-corrected chi connectivity index (χ4v) is 5.55. The van der Waals surface area contributed by atoms with Crippen LogP contribution in [0, 0.1) is 6.92 Å². The number of nitrogens with zero attached hydrogens (tertiary/aromatic N) is 4. The summed E-state index contributed by atoms with van der Waals surface area (Å²) in [7, 11) is 0. The van der Waals surface area contributed by atoms with Crippen LogP contribution in [0.5, 0.6) is 0 Å². The highest BCUT2D eigenvalue weighted by atomic mass is 16.4. The quantitative estimate of drug-likeness (QED) is 0.240. The average Bonchev–Trinajstić information content (AvgIpc) is 3.43. The van der Waals surface area contributed by atoms with Gasteiger partial charge in [0.2, 0.25) is 5.91 Å². The van der Waals surface area contributed by atoms with Crippen molar-refractivity contribution in [3.8, 4) is 5.69 Å². The number of benzene rings is 2. The standard InChI is InChI=1S/C34H43N5O6/c1-4-6-16-37(17-7-5-2)34(45)29-18-23(3)39(36-29)30-13-12-26(35-31(41)14-15-32(42)43)20-28(30)33(44)38-21-25-11-9-8-10-24(25)19-27(38)22-40/h8-13,18,20,27,40H,4-7,14-17,19,21-22H2,1-3H3,(H,35,41)(H,42,43)/t27-/m0/s1. The van der Waals surface area contributed by atoms with Crippen LogP contribution in [0.2, 0.25) is 0 Å². The molecule has 45 heavy (non-hydrogen) atoms. The molecule has 3 N–H and O–H groups in total. The van der Waals surface area contributed by atoms with Gasteiger partial charge >= 0.3 is 5.97 Å². The summed E-state index contributed by atoms with van der Waals surface area (Å²) in [4.78, 5) is 54.8. The van der Waals surface area contributed by atoms with Gasteiger partial charge in [0.1, 0.15) is 0 Å². The number of aliphatic carboxylic acids is 1. The number of carboxylic acids is 1. The second kappa shape index (κ2) is 15.5.